The maximum absolute atomic E-state index is 13.6. The molecule has 2 N–H and O–H groups in total. The lowest BCUT2D eigenvalue weighted by Gasteiger charge is -2.17. The van der Waals surface area contributed by atoms with E-state index in [1.807, 2.05) is 0 Å². The Balaban J connectivity index is 2.00. The van der Waals surface area contributed by atoms with E-state index in [-0.39, 0.29) is 36.8 Å². The highest BCUT2D eigenvalue weighted by Gasteiger charge is 2.35. The second kappa shape index (κ2) is 6.67. The van der Waals surface area contributed by atoms with Crippen molar-refractivity contribution in [3.05, 3.63) is 35.6 Å². The van der Waals surface area contributed by atoms with E-state index >= 15 is 0 Å². The van der Waals surface area contributed by atoms with Crippen molar-refractivity contribution in [1.29, 1.82) is 0 Å². The summed E-state index contributed by atoms with van der Waals surface area (Å²) >= 11 is 0. The summed E-state index contributed by atoms with van der Waals surface area (Å²) in [6.07, 6.45) is -0.0163. The minimum Gasteiger partial charge on any atom is -0.396 e. The second-order valence-corrected chi connectivity index (χ2v) is 5.32. The predicted octanol–water partition coefficient (Wildman–Crippen LogP) is 0.324. The van der Waals surface area contributed by atoms with Gasteiger partial charge in [0.1, 0.15) is 5.82 Å². The topological polar surface area (TPSA) is 69.6 Å². The Hall–Kier alpha value is -1.95. The summed E-state index contributed by atoms with van der Waals surface area (Å²) in [7, 11) is 0. The van der Waals surface area contributed by atoms with Gasteiger partial charge in [-0.1, -0.05) is 18.2 Å². The van der Waals surface area contributed by atoms with Crippen LogP contribution in [0, 0.1) is 11.7 Å². The summed E-state index contributed by atoms with van der Waals surface area (Å²) in [4.78, 5) is 24.9. The number of rotatable bonds is 4. The normalized spacial score (nSPS) is 21.4. The fourth-order valence-corrected chi connectivity index (χ4v) is 2.60. The largest absolute Gasteiger partial charge is 0.396 e. The fourth-order valence-electron chi connectivity index (χ4n) is 2.60. The van der Waals surface area contributed by atoms with Crippen LogP contribution in [-0.2, 0) is 16.0 Å². The van der Waals surface area contributed by atoms with Gasteiger partial charge in [-0.25, -0.2) is 4.39 Å². The van der Waals surface area contributed by atoms with Gasteiger partial charge in [0.25, 0.3) is 0 Å². The van der Waals surface area contributed by atoms with Crippen molar-refractivity contribution in [3.8, 4) is 0 Å². The number of nitrogens with zero attached hydrogens (tertiary/aromatic N) is 1. The molecule has 6 heteroatoms. The van der Waals surface area contributed by atoms with Crippen LogP contribution < -0.4 is 5.32 Å². The third-order valence-corrected chi connectivity index (χ3v) is 3.72. The van der Waals surface area contributed by atoms with Crippen molar-refractivity contribution >= 4 is 11.8 Å². The van der Waals surface area contributed by atoms with E-state index in [1.165, 1.54) is 13.0 Å². The zero-order valence-corrected chi connectivity index (χ0v) is 11.9. The summed E-state index contributed by atoms with van der Waals surface area (Å²) in [5, 5.41) is 12.1. The molecule has 1 aliphatic rings. The maximum atomic E-state index is 13.6. The van der Waals surface area contributed by atoms with Gasteiger partial charge in [-0.2, -0.15) is 0 Å². The molecule has 5 nitrogen and oxygen atoms in total. The van der Waals surface area contributed by atoms with Crippen LogP contribution in [-0.4, -0.2) is 47.6 Å². The third-order valence-electron chi connectivity index (χ3n) is 3.72. The summed E-state index contributed by atoms with van der Waals surface area (Å²) in [6, 6.07) is 5.92. The van der Waals surface area contributed by atoms with E-state index in [9.17, 15) is 19.1 Å². The monoisotopic (exact) mass is 294 g/mol. The molecule has 21 heavy (non-hydrogen) atoms. The van der Waals surface area contributed by atoms with Crippen LogP contribution in [0.5, 0.6) is 0 Å². The maximum Gasteiger partial charge on any atom is 0.227 e. The molecular weight excluding hydrogens is 275 g/mol. The Morgan fingerprint density at radius 1 is 1.38 bits per heavy atom. The second-order valence-electron chi connectivity index (χ2n) is 5.32. The number of amides is 2. The molecule has 1 heterocycles. The zero-order chi connectivity index (χ0) is 15.4. The molecule has 2 atom stereocenters. The van der Waals surface area contributed by atoms with Crippen molar-refractivity contribution in [2.24, 2.45) is 5.92 Å². The molecular formula is C15H19FN2O3. The lowest BCUT2D eigenvalue weighted by atomic mass is 10.1. The zero-order valence-electron chi connectivity index (χ0n) is 11.9. The van der Waals surface area contributed by atoms with Crippen LogP contribution in [0.2, 0.25) is 0 Å². The molecule has 0 bridgehead atoms. The first kappa shape index (κ1) is 15.4. The van der Waals surface area contributed by atoms with Crippen LogP contribution in [0.1, 0.15) is 12.5 Å². The number of halogens is 1. The van der Waals surface area contributed by atoms with Gasteiger partial charge < -0.3 is 15.3 Å². The summed E-state index contributed by atoms with van der Waals surface area (Å²) in [5.74, 6) is -0.978. The van der Waals surface area contributed by atoms with Gasteiger partial charge in [0.2, 0.25) is 11.8 Å². The standard InChI is InChI=1S/C15H19FN2O3/c1-10(20)17-14-8-18(7-12(14)9-19)15(21)6-11-4-2-3-5-13(11)16/h2-5,12,14,19H,6-9H2,1H3,(H,17,20). The quantitative estimate of drug-likeness (QED) is 0.840. The van der Waals surface area contributed by atoms with Gasteiger partial charge >= 0.3 is 0 Å². The number of aliphatic hydroxyl groups is 1. The van der Waals surface area contributed by atoms with Gasteiger partial charge in [0.15, 0.2) is 0 Å². The smallest absolute Gasteiger partial charge is 0.227 e. The number of benzene rings is 1. The number of nitrogens with one attached hydrogen (secondary N) is 1. The Labute approximate surface area is 122 Å². The summed E-state index contributed by atoms with van der Waals surface area (Å²) < 4.78 is 13.6. The van der Waals surface area contributed by atoms with E-state index in [0.29, 0.717) is 18.7 Å². The van der Waals surface area contributed by atoms with E-state index in [4.69, 9.17) is 0 Å². The van der Waals surface area contributed by atoms with Crippen molar-refractivity contribution in [2.75, 3.05) is 19.7 Å². The number of hydrogen-bond acceptors (Lipinski definition) is 3. The highest BCUT2D eigenvalue weighted by atomic mass is 19.1. The molecule has 1 fully saturated rings. The van der Waals surface area contributed by atoms with Gasteiger partial charge in [-0.15, -0.1) is 0 Å². The van der Waals surface area contributed by atoms with Gasteiger partial charge in [-0.3, -0.25) is 9.59 Å². The molecule has 1 aromatic carbocycles. The van der Waals surface area contributed by atoms with E-state index < -0.39 is 5.82 Å². The first-order chi connectivity index (χ1) is 10.0. The summed E-state index contributed by atoms with van der Waals surface area (Å²) in [5.41, 5.74) is 0.353. The Morgan fingerprint density at radius 2 is 2.10 bits per heavy atom. The van der Waals surface area contributed by atoms with Crippen LogP contribution in [0.15, 0.2) is 24.3 Å². The molecule has 2 rings (SSSR count). The molecule has 0 aromatic heterocycles. The van der Waals surface area contributed by atoms with Gasteiger partial charge in [0.05, 0.1) is 12.5 Å². The Morgan fingerprint density at radius 3 is 2.71 bits per heavy atom. The molecule has 2 amide bonds. The first-order valence-corrected chi connectivity index (χ1v) is 6.90. The SMILES string of the molecule is CC(=O)NC1CN(C(=O)Cc2ccccc2F)CC1CO. The summed E-state index contributed by atoms with van der Waals surface area (Å²) in [6.45, 7) is 2.01. The fraction of sp³-hybridized carbons (Fsp3) is 0.467. The molecule has 114 valence electrons. The van der Waals surface area contributed by atoms with Crippen molar-refractivity contribution < 1.29 is 19.1 Å². The highest BCUT2D eigenvalue weighted by molar-refractivity contribution is 5.79. The average molecular weight is 294 g/mol. The van der Waals surface area contributed by atoms with Crippen LogP contribution in [0.4, 0.5) is 4.39 Å². The number of likely N-dealkylation sites (tertiary alicyclic amines) is 1. The number of carbonyl (C=O) groups excluding carboxylic acids is 2. The minimum absolute atomic E-state index is 0.0163. The Bertz CT molecular complexity index is 535. The number of hydrogen-bond donors (Lipinski definition) is 2. The lowest BCUT2D eigenvalue weighted by molar-refractivity contribution is -0.130. The molecule has 2 unspecified atom stereocenters. The minimum atomic E-state index is -0.401. The van der Waals surface area contributed by atoms with Crippen molar-refractivity contribution in [3.63, 3.8) is 0 Å². The van der Waals surface area contributed by atoms with Crippen molar-refractivity contribution in [2.45, 2.75) is 19.4 Å². The molecule has 1 aliphatic heterocycles. The third kappa shape index (κ3) is 3.78. The highest BCUT2D eigenvalue weighted by Crippen LogP contribution is 2.18. The lowest BCUT2D eigenvalue weighted by Crippen LogP contribution is -2.40. The molecule has 0 radical (unpaired) electrons. The molecule has 1 saturated heterocycles. The van der Waals surface area contributed by atoms with E-state index in [2.05, 4.69) is 5.32 Å². The first-order valence-electron chi connectivity index (χ1n) is 6.90. The van der Waals surface area contributed by atoms with Crippen LogP contribution >= 0.6 is 0 Å². The molecule has 0 saturated carbocycles. The van der Waals surface area contributed by atoms with Crippen molar-refractivity contribution in [1.82, 2.24) is 10.2 Å². The predicted molar refractivity (Wildman–Crippen MR) is 74.9 cm³/mol. The van der Waals surface area contributed by atoms with Crippen LogP contribution in [0.25, 0.3) is 0 Å². The average Bonchev–Trinajstić information content (AvgIpc) is 2.83. The van der Waals surface area contributed by atoms with Gasteiger partial charge in [-0.05, 0) is 11.6 Å². The molecule has 0 aliphatic carbocycles. The molecule has 0 spiro atoms. The Kier molecular flexibility index (Phi) is 4.90. The molecule has 1 aromatic rings. The number of carbonyl (C=O) groups is 2. The van der Waals surface area contributed by atoms with E-state index in [1.54, 1.807) is 23.1 Å². The van der Waals surface area contributed by atoms with Gasteiger partial charge in [0, 0.05) is 32.5 Å². The van der Waals surface area contributed by atoms with E-state index in [0.717, 1.165) is 0 Å². The van der Waals surface area contributed by atoms with Crippen LogP contribution in [0.3, 0.4) is 0 Å². The number of aliphatic hydroxyl groups excluding tert-OH is 1.